The lowest BCUT2D eigenvalue weighted by Gasteiger charge is -2.53. The van der Waals surface area contributed by atoms with Crippen molar-refractivity contribution >= 4 is 24.5 Å². The summed E-state index contributed by atoms with van der Waals surface area (Å²) in [6.07, 6.45) is 10.0. The molecule has 4 atom stereocenters. The van der Waals surface area contributed by atoms with Gasteiger partial charge in [-0.15, -0.1) is 12.3 Å². The Morgan fingerprint density at radius 3 is 2.14 bits per heavy atom. The SMILES string of the molecule is C#C[C@@H]1CCC[C@H](CO[Si](c2ccccc2)(c2ccccc2)C(C)(C)C)[C@]12CCC[C@@](O)(CC#N)C2=O. The Morgan fingerprint density at radius 2 is 1.62 bits per heavy atom. The van der Waals surface area contributed by atoms with Crippen LogP contribution in [0.5, 0.6) is 0 Å². The van der Waals surface area contributed by atoms with Crippen LogP contribution in [-0.2, 0) is 9.22 Å². The fourth-order valence-electron chi connectivity index (χ4n) is 7.17. The minimum absolute atomic E-state index is 0.109. The molecule has 2 aliphatic rings. The number of nitriles is 1. The Hall–Kier alpha value is -2.70. The van der Waals surface area contributed by atoms with E-state index in [9.17, 15) is 15.2 Å². The van der Waals surface area contributed by atoms with Gasteiger partial charge in [-0.1, -0.05) is 87.9 Å². The highest BCUT2D eigenvalue weighted by atomic mass is 28.4. The van der Waals surface area contributed by atoms with Gasteiger partial charge in [0, 0.05) is 12.5 Å². The van der Waals surface area contributed by atoms with Crippen molar-refractivity contribution in [2.45, 2.75) is 76.4 Å². The number of hydrogen-bond acceptors (Lipinski definition) is 4. The lowest BCUT2D eigenvalue weighted by Crippen LogP contribution is -2.68. The van der Waals surface area contributed by atoms with Crippen LogP contribution in [0.25, 0.3) is 0 Å². The maximum absolute atomic E-state index is 14.1. The van der Waals surface area contributed by atoms with E-state index in [-0.39, 0.29) is 29.1 Å². The van der Waals surface area contributed by atoms with Gasteiger partial charge in [0.05, 0.1) is 17.9 Å². The lowest BCUT2D eigenvalue weighted by atomic mass is 9.51. The Bertz CT molecular complexity index is 1140. The van der Waals surface area contributed by atoms with Crippen molar-refractivity contribution in [3.8, 4) is 18.4 Å². The predicted molar refractivity (Wildman–Crippen MR) is 150 cm³/mol. The Balaban J connectivity index is 1.80. The van der Waals surface area contributed by atoms with E-state index in [1.165, 1.54) is 10.4 Å². The first-order chi connectivity index (χ1) is 17.7. The van der Waals surface area contributed by atoms with Crippen molar-refractivity contribution in [3.63, 3.8) is 0 Å². The molecule has 2 aromatic carbocycles. The molecule has 5 heteroatoms. The number of terminal acetylenes is 1. The van der Waals surface area contributed by atoms with Crippen LogP contribution in [0.2, 0.25) is 5.04 Å². The number of hydrogen-bond donors (Lipinski definition) is 1. The van der Waals surface area contributed by atoms with Gasteiger partial charge in [-0.3, -0.25) is 4.79 Å². The van der Waals surface area contributed by atoms with E-state index in [4.69, 9.17) is 10.8 Å². The van der Waals surface area contributed by atoms with Crippen LogP contribution in [0.3, 0.4) is 0 Å². The summed E-state index contributed by atoms with van der Waals surface area (Å²) < 4.78 is 7.27. The molecular formula is C32H39NO3Si. The van der Waals surface area contributed by atoms with E-state index in [0.29, 0.717) is 25.9 Å². The summed E-state index contributed by atoms with van der Waals surface area (Å²) in [6, 6.07) is 23.1. The second-order valence-corrected chi connectivity index (χ2v) is 16.2. The molecule has 0 saturated heterocycles. The van der Waals surface area contributed by atoms with Gasteiger partial charge >= 0.3 is 0 Å². The Labute approximate surface area is 223 Å². The van der Waals surface area contributed by atoms with E-state index >= 15 is 0 Å². The van der Waals surface area contributed by atoms with Crippen molar-refractivity contribution in [2.75, 3.05) is 6.61 Å². The monoisotopic (exact) mass is 513 g/mol. The summed E-state index contributed by atoms with van der Waals surface area (Å²) in [7, 11) is -2.80. The van der Waals surface area contributed by atoms with Gasteiger partial charge in [-0.25, -0.2) is 0 Å². The zero-order chi connectivity index (χ0) is 26.7. The number of carbonyl (C=O) groups is 1. The first-order valence-corrected chi connectivity index (χ1v) is 15.4. The quantitative estimate of drug-likeness (QED) is 0.436. The number of carbonyl (C=O) groups excluding carboxylic acids is 1. The Kier molecular flexibility index (Phi) is 7.82. The molecule has 2 saturated carbocycles. The van der Waals surface area contributed by atoms with Crippen LogP contribution in [0.15, 0.2) is 60.7 Å². The molecule has 0 aromatic heterocycles. The van der Waals surface area contributed by atoms with Gasteiger partial charge in [0.1, 0.15) is 5.60 Å². The van der Waals surface area contributed by atoms with Crippen LogP contribution >= 0.6 is 0 Å². The summed E-state index contributed by atoms with van der Waals surface area (Å²) in [5.74, 6) is 2.34. The molecule has 2 fully saturated rings. The molecule has 2 aliphatic carbocycles. The molecule has 4 nitrogen and oxygen atoms in total. The van der Waals surface area contributed by atoms with Crippen molar-refractivity contribution in [1.82, 2.24) is 0 Å². The molecule has 0 unspecified atom stereocenters. The zero-order valence-corrected chi connectivity index (χ0v) is 23.4. The highest BCUT2D eigenvalue weighted by molar-refractivity contribution is 6.99. The average molecular weight is 514 g/mol. The van der Waals surface area contributed by atoms with E-state index in [1.54, 1.807) is 0 Å². The van der Waals surface area contributed by atoms with Crippen molar-refractivity contribution in [3.05, 3.63) is 60.7 Å². The molecule has 37 heavy (non-hydrogen) atoms. The molecule has 194 valence electrons. The van der Waals surface area contributed by atoms with E-state index in [1.807, 2.05) is 12.1 Å². The number of nitrogens with zero attached hydrogens (tertiary/aromatic N) is 1. The first-order valence-electron chi connectivity index (χ1n) is 13.5. The van der Waals surface area contributed by atoms with E-state index < -0.39 is 19.3 Å². The third-order valence-electron chi connectivity index (χ3n) is 8.91. The van der Waals surface area contributed by atoms with E-state index in [2.05, 4.69) is 81.3 Å². The molecule has 0 bridgehead atoms. The van der Waals surface area contributed by atoms with Crippen LogP contribution in [0.1, 0.15) is 65.7 Å². The summed E-state index contributed by atoms with van der Waals surface area (Å²) >= 11 is 0. The summed E-state index contributed by atoms with van der Waals surface area (Å²) in [6.45, 7) is 7.15. The minimum Gasteiger partial charge on any atom is -0.407 e. The second kappa shape index (κ2) is 10.6. The van der Waals surface area contributed by atoms with Gasteiger partial charge in [0.2, 0.25) is 0 Å². The maximum Gasteiger partial charge on any atom is 0.261 e. The van der Waals surface area contributed by atoms with Crippen LogP contribution in [0, 0.1) is 40.9 Å². The molecule has 2 aromatic rings. The summed E-state index contributed by atoms with van der Waals surface area (Å²) in [4.78, 5) is 14.1. The van der Waals surface area contributed by atoms with Gasteiger partial charge in [0.25, 0.3) is 8.32 Å². The topological polar surface area (TPSA) is 70.3 Å². The normalized spacial score (nSPS) is 28.4. The second-order valence-electron chi connectivity index (χ2n) is 11.9. The fraction of sp³-hybridized carbons (Fsp3) is 0.500. The molecule has 0 radical (unpaired) electrons. The highest BCUT2D eigenvalue weighted by Gasteiger charge is 2.61. The molecule has 0 amide bonds. The average Bonchev–Trinajstić information content (AvgIpc) is 2.89. The highest BCUT2D eigenvalue weighted by Crippen LogP contribution is 2.55. The smallest absolute Gasteiger partial charge is 0.261 e. The number of benzene rings is 2. The van der Waals surface area contributed by atoms with Crippen molar-refractivity contribution in [2.24, 2.45) is 17.3 Å². The fourth-order valence-corrected chi connectivity index (χ4v) is 11.8. The van der Waals surface area contributed by atoms with Crippen LogP contribution in [0.4, 0.5) is 0 Å². The molecule has 0 aliphatic heterocycles. The number of Topliss-reactive ketones (excluding diaryl/α,β-unsaturated/α-hetero) is 1. The maximum atomic E-state index is 14.1. The zero-order valence-electron chi connectivity index (χ0n) is 22.4. The Morgan fingerprint density at radius 1 is 1.03 bits per heavy atom. The minimum atomic E-state index is -2.80. The third-order valence-corrected chi connectivity index (χ3v) is 13.9. The van der Waals surface area contributed by atoms with Crippen molar-refractivity contribution in [1.29, 1.82) is 5.26 Å². The standard InChI is InChI=1S/C32H39NO3Si/c1-5-25-14-12-15-26(32(25)21-13-20-31(35,22-23-33)29(32)34)24-36-37(30(2,3)4,27-16-8-6-9-17-27)28-18-10-7-11-19-28/h1,6-11,16-19,25-26,35H,12-15,20-22,24H2,2-4H3/t25-,26-,31-,32+/m1/s1. The van der Waals surface area contributed by atoms with E-state index in [0.717, 1.165) is 19.3 Å². The molecule has 4 rings (SSSR count). The molecular weight excluding hydrogens is 474 g/mol. The van der Waals surface area contributed by atoms with Gasteiger partial charge < -0.3 is 9.53 Å². The number of ketones is 1. The third kappa shape index (κ3) is 4.59. The van der Waals surface area contributed by atoms with Crippen molar-refractivity contribution < 1.29 is 14.3 Å². The molecule has 1 N–H and O–H groups in total. The summed E-state index contributed by atoms with van der Waals surface area (Å²) in [5, 5.41) is 23.0. The molecule has 1 spiro atoms. The first kappa shape index (κ1) is 27.3. The summed E-state index contributed by atoms with van der Waals surface area (Å²) in [5.41, 5.74) is -2.49. The lowest BCUT2D eigenvalue weighted by molar-refractivity contribution is -0.166. The van der Waals surface area contributed by atoms with Gasteiger partial charge in [-0.2, -0.15) is 5.26 Å². The largest absolute Gasteiger partial charge is 0.407 e. The molecule has 0 heterocycles. The van der Waals surface area contributed by atoms with Crippen LogP contribution in [-0.4, -0.2) is 31.4 Å². The predicted octanol–water partition coefficient (Wildman–Crippen LogP) is 5.00. The number of aliphatic hydroxyl groups is 1. The number of rotatable bonds is 6. The van der Waals surface area contributed by atoms with Crippen LogP contribution < -0.4 is 10.4 Å². The van der Waals surface area contributed by atoms with Gasteiger partial charge in [0.15, 0.2) is 5.78 Å². The van der Waals surface area contributed by atoms with Gasteiger partial charge in [-0.05, 0) is 53.4 Å².